The van der Waals surface area contributed by atoms with Crippen LogP contribution in [-0.4, -0.2) is 45.8 Å². The molecule has 3 aromatic rings. The van der Waals surface area contributed by atoms with Crippen LogP contribution in [0.15, 0.2) is 41.3 Å². The van der Waals surface area contributed by atoms with Crippen molar-refractivity contribution in [2.24, 2.45) is 7.05 Å². The molecule has 0 saturated carbocycles. The number of pyridine rings is 2. The van der Waals surface area contributed by atoms with Crippen molar-refractivity contribution in [2.45, 2.75) is 6.42 Å². The standard InChI is InChI=1S/C21H22FN5O3S/c1-23-21(31)25-8-7-24-19(29)16-18(28)17-15(27(2)20(16)30)10-13(11-26-17)9-12-3-5-14(22)6-4-12/h3-6,10-11,28H,7-9H2,1-2H3,(H,24,29)(H2,23,25,31). The second-order valence-electron chi connectivity index (χ2n) is 6.86. The van der Waals surface area contributed by atoms with Gasteiger partial charge in [-0.05, 0) is 48.0 Å². The van der Waals surface area contributed by atoms with E-state index >= 15 is 0 Å². The molecule has 3 rings (SSSR count). The Kier molecular flexibility index (Phi) is 6.81. The summed E-state index contributed by atoms with van der Waals surface area (Å²) in [6.07, 6.45) is 2.03. The Morgan fingerprint density at radius 2 is 1.87 bits per heavy atom. The first-order valence-electron chi connectivity index (χ1n) is 9.50. The summed E-state index contributed by atoms with van der Waals surface area (Å²) < 4.78 is 14.4. The molecular formula is C21H22FN5O3S. The summed E-state index contributed by atoms with van der Waals surface area (Å²) in [5, 5.41) is 19.2. The molecule has 4 N–H and O–H groups in total. The Morgan fingerprint density at radius 1 is 1.19 bits per heavy atom. The van der Waals surface area contributed by atoms with Crippen LogP contribution in [0.3, 0.4) is 0 Å². The van der Waals surface area contributed by atoms with Crippen molar-refractivity contribution < 1.29 is 14.3 Å². The average molecular weight is 444 g/mol. The highest BCUT2D eigenvalue weighted by molar-refractivity contribution is 7.80. The SMILES string of the molecule is CNC(=S)NCCNC(=O)c1c(O)c2ncc(Cc3ccc(F)cc3)cc2n(C)c1=O. The molecule has 10 heteroatoms. The third-order valence-corrected chi connectivity index (χ3v) is 5.09. The lowest BCUT2D eigenvalue weighted by Crippen LogP contribution is -2.40. The van der Waals surface area contributed by atoms with Gasteiger partial charge in [-0.2, -0.15) is 0 Å². The van der Waals surface area contributed by atoms with E-state index in [1.165, 1.54) is 23.7 Å². The molecule has 162 valence electrons. The van der Waals surface area contributed by atoms with Crippen LogP contribution in [0.1, 0.15) is 21.5 Å². The van der Waals surface area contributed by atoms with E-state index in [4.69, 9.17) is 12.2 Å². The molecular weight excluding hydrogens is 421 g/mol. The number of fused-ring (bicyclic) bond motifs is 1. The smallest absolute Gasteiger partial charge is 0.267 e. The molecule has 8 nitrogen and oxygen atoms in total. The molecule has 0 unspecified atom stereocenters. The summed E-state index contributed by atoms with van der Waals surface area (Å²) in [6, 6.07) is 7.80. The van der Waals surface area contributed by atoms with Gasteiger partial charge in [0.15, 0.2) is 10.9 Å². The molecule has 0 aliphatic heterocycles. The van der Waals surface area contributed by atoms with Crippen molar-refractivity contribution in [2.75, 3.05) is 20.1 Å². The van der Waals surface area contributed by atoms with Gasteiger partial charge in [-0.1, -0.05) is 12.1 Å². The number of carbonyl (C=O) groups is 1. The quantitative estimate of drug-likeness (QED) is 0.335. The predicted molar refractivity (Wildman–Crippen MR) is 120 cm³/mol. The summed E-state index contributed by atoms with van der Waals surface area (Å²) in [5.74, 6) is -1.49. The van der Waals surface area contributed by atoms with Crippen LogP contribution in [0.25, 0.3) is 11.0 Å². The summed E-state index contributed by atoms with van der Waals surface area (Å²) in [4.78, 5) is 29.5. The van der Waals surface area contributed by atoms with E-state index in [0.717, 1.165) is 11.1 Å². The van der Waals surface area contributed by atoms with E-state index in [2.05, 4.69) is 20.9 Å². The Balaban J connectivity index is 1.86. The summed E-state index contributed by atoms with van der Waals surface area (Å²) in [6.45, 7) is 0.552. The highest BCUT2D eigenvalue weighted by Crippen LogP contribution is 2.25. The molecule has 0 aliphatic rings. The third-order valence-electron chi connectivity index (χ3n) is 4.74. The van der Waals surface area contributed by atoms with Gasteiger partial charge >= 0.3 is 0 Å². The van der Waals surface area contributed by atoms with E-state index in [1.807, 2.05) is 0 Å². The van der Waals surface area contributed by atoms with E-state index < -0.39 is 17.2 Å². The van der Waals surface area contributed by atoms with Gasteiger partial charge < -0.3 is 25.6 Å². The van der Waals surface area contributed by atoms with E-state index in [0.29, 0.717) is 23.6 Å². The van der Waals surface area contributed by atoms with E-state index in [-0.39, 0.29) is 23.4 Å². The van der Waals surface area contributed by atoms with Crippen LogP contribution < -0.4 is 21.5 Å². The Morgan fingerprint density at radius 3 is 2.55 bits per heavy atom. The van der Waals surface area contributed by atoms with Crippen LogP contribution in [0.4, 0.5) is 4.39 Å². The minimum atomic E-state index is -0.700. The van der Waals surface area contributed by atoms with Crippen molar-refractivity contribution in [1.82, 2.24) is 25.5 Å². The molecule has 1 aromatic carbocycles. The summed E-state index contributed by atoms with van der Waals surface area (Å²) >= 11 is 4.94. The second-order valence-corrected chi connectivity index (χ2v) is 7.27. The maximum Gasteiger partial charge on any atom is 0.267 e. The second kappa shape index (κ2) is 9.52. The van der Waals surface area contributed by atoms with Gasteiger partial charge in [0, 0.05) is 33.4 Å². The van der Waals surface area contributed by atoms with Crippen LogP contribution in [-0.2, 0) is 13.5 Å². The van der Waals surface area contributed by atoms with Gasteiger partial charge in [0.2, 0.25) is 0 Å². The molecule has 1 amide bonds. The first-order chi connectivity index (χ1) is 14.8. The highest BCUT2D eigenvalue weighted by Gasteiger charge is 2.22. The lowest BCUT2D eigenvalue weighted by molar-refractivity contribution is 0.0950. The number of hydrogen-bond acceptors (Lipinski definition) is 5. The number of benzene rings is 1. The summed E-state index contributed by atoms with van der Waals surface area (Å²) in [5.41, 5.74) is 1.17. The van der Waals surface area contributed by atoms with Gasteiger partial charge in [0.05, 0.1) is 5.52 Å². The Bertz CT molecular complexity index is 1190. The predicted octanol–water partition coefficient (Wildman–Crippen LogP) is 1.19. The van der Waals surface area contributed by atoms with Crippen molar-refractivity contribution in [3.05, 3.63) is 69.4 Å². The van der Waals surface area contributed by atoms with E-state index in [9.17, 15) is 19.1 Å². The number of halogens is 1. The molecule has 0 aliphatic carbocycles. The van der Waals surface area contributed by atoms with Gasteiger partial charge in [0.25, 0.3) is 11.5 Å². The zero-order valence-electron chi connectivity index (χ0n) is 17.0. The number of rotatable bonds is 6. The van der Waals surface area contributed by atoms with Crippen molar-refractivity contribution in [3.63, 3.8) is 0 Å². The molecule has 0 saturated heterocycles. The first-order valence-corrected chi connectivity index (χ1v) is 9.91. The first kappa shape index (κ1) is 22.2. The van der Waals surface area contributed by atoms with Crippen molar-refractivity contribution in [3.8, 4) is 5.75 Å². The number of nitrogens with zero attached hydrogens (tertiary/aromatic N) is 2. The maximum absolute atomic E-state index is 13.1. The molecule has 0 atom stereocenters. The molecule has 0 radical (unpaired) electrons. The van der Waals surface area contributed by atoms with Crippen molar-refractivity contribution in [1.29, 1.82) is 0 Å². The zero-order valence-corrected chi connectivity index (χ0v) is 17.8. The average Bonchev–Trinajstić information content (AvgIpc) is 2.76. The fourth-order valence-electron chi connectivity index (χ4n) is 3.10. The van der Waals surface area contributed by atoms with Gasteiger partial charge in [0.1, 0.15) is 16.9 Å². The molecule has 31 heavy (non-hydrogen) atoms. The Labute approximate surface area is 183 Å². The molecule has 2 aromatic heterocycles. The van der Waals surface area contributed by atoms with E-state index in [1.54, 1.807) is 31.4 Å². The van der Waals surface area contributed by atoms with Gasteiger partial charge in [-0.3, -0.25) is 14.6 Å². The lowest BCUT2D eigenvalue weighted by atomic mass is 10.1. The zero-order chi connectivity index (χ0) is 22.5. The number of nitrogens with one attached hydrogen (secondary N) is 3. The maximum atomic E-state index is 13.1. The minimum absolute atomic E-state index is 0.143. The largest absolute Gasteiger partial charge is 0.505 e. The minimum Gasteiger partial charge on any atom is -0.505 e. The number of amides is 1. The Hall–Kier alpha value is -3.53. The van der Waals surface area contributed by atoms with Crippen LogP contribution >= 0.6 is 12.2 Å². The molecule has 0 bridgehead atoms. The topological polar surface area (TPSA) is 108 Å². The fourth-order valence-corrected chi connectivity index (χ4v) is 3.20. The molecule has 0 fully saturated rings. The van der Waals surface area contributed by atoms with Crippen molar-refractivity contribution >= 4 is 34.3 Å². The number of carbonyl (C=O) groups excluding carboxylic acids is 1. The van der Waals surface area contributed by atoms with Crippen LogP contribution in [0.5, 0.6) is 5.75 Å². The number of aromatic hydroxyl groups is 1. The van der Waals surface area contributed by atoms with Gasteiger partial charge in [-0.15, -0.1) is 0 Å². The number of thiocarbonyl (C=S) groups is 1. The highest BCUT2D eigenvalue weighted by atomic mass is 32.1. The fraction of sp³-hybridized carbons (Fsp3) is 0.238. The number of hydrogen-bond donors (Lipinski definition) is 4. The number of aromatic nitrogens is 2. The summed E-state index contributed by atoms with van der Waals surface area (Å²) in [7, 11) is 3.18. The van der Waals surface area contributed by atoms with Gasteiger partial charge in [-0.25, -0.2) is 4.39 Å². The van der Waals surface area contributed by atoms with Crippen LogP contribution in [0, 0.1) is 5.82 Å². The third kappa shape index (κ3) is 4.97. The van der Waals surface area contributed by atoms with Crippen LogP contribution in [0.2, 0.25) is 0 Å². The lowest BCUT2D eigenvalue weighted by Gasteiger charge is -2.13. The molecule has 2 heterocycles. The number of aryl methyl sites for hydroxylation is 1. The monoisotopic (exact) mass is 443 g/mol. The molecule has 0 spiro atoms. The normalized spacial score (nSPS) is 10.7.